The van der Waals surface area contributed by atoms with Crippen LogP contribution in [0.1, 0.15) is 49.8 Å². The minimum Gasteiger partial charge on any atom is -0.228 e. The molecule has 0 radical (unpaired) electrons. The van der Waals surface area contributed by atoms with Crippen LogP contribution in [0.2, 0.25) is 0 Å². The fraction of sp³-hybridized carbons (Fsp3) is 0.684. The fourth-order valence-corrected chi connectivity index (χ4v) is 7.60. The van der Waals surface area contributed by atoms with Gasteiger partial charge in [-0.3, -0.25) is 0 Å². The van der Waals surface area contributed by atoms with Crippen LogP contribution in [0, 0.1) is 29.6 Å². The summed E-state index contributed by atoms with van der Waals surface area (Å²) in [7, 11) is -3.06. The lowest BCUT2D eigenvalue weighted by atomic mass is 9.52. The summed E-state index contributed by atoms with van der Waals surface area (Å²) >= 11 is 0. The number of hydrogen-bond acceptors (Lipinski definition) is 2. The summed E-state index contributed by atoms with van der Waals surface area (Å²) < 4.78 is 25.8. The van der Waals surface area contributed by atoms with Crippen molar-refractivity contribution in [2.24, 2.45) is 29.6 Å². The van der Waals surface area contributed by atoms with Crippen LogP contribution in [-0.4, -0.2) is 14.2 Å². The molecule has 0 heterocycles. The van der Waals surface area contributed by atoms with Crippen LogP contribution in [-0.2, 0) is 9.84 Å². The average Bonchev–Trinajstić information content (AvgIpc) is 2.50. The maximum atomic E-state index is 12.9. The lowest BCUT2D eigenvalue weighted by Crippen LogP contribution is -2.47. The molecule has 3 heteroatoms. The second-order valence-corrected chi connectivity index (χ2v) is 10.3. The second-order valence-electron chi connectivity index (χ2n) is 7.98. The molecule has 0 unspecified atom stereocenters. The van der Waals surface area contributed by atoms with Gasteiger partial charge in [0.05, 0.1) is 11.0 Å². The molecule has 22 heavy (non-hydrogen) atoms. The van der Waals surface area contributed by atoms with Gasteiger partial charge in [-0.1, -0.05) is 30.3 Å². The molecule has 4 saturated carbocycles. The van der Waals surface area contributed by atoms with Crippen LogP contribution in [0.4, 0.5) is 0 Å². The fourth-order valence-electron chi connectivity index (χ4n) is 5.65. The van der Waals surface area contributed by atoms with Crippen LogP contribution < -0.4 is 0 Å². The molecule has 4 aliphatic rings. The van der Waals surface area contributed by atoms with Crippen molar-refractivity contribution in [3.05, 3.63) is 35.9 Å². The Hall–Kier alpha value is -0.830. The van der Waals surface area contributed by atoms with Gasteiger partial charge in [0, 0.05) is 0 Å². The molecular weight excluding hydrogens is 292 g/mol. The van der Waals surface area contributed by atoms with E-state index >= 15 is 0 Å². The molecule has 0 aromatic heterocycles. The minimum atomic E-state index is -3.06. The van der Waals surface area contributed by atoms with E-state index in [-0.39, 0.29) is 5.25 Å². The highest BCUT2D eigenvalue weighted by Gasteiger charge is 2.49. The van der Waals surface area contributed by atoms with E-state index in [4.69, 9.17) is 0 Å². The van der Waals surface area contributed by atoms with Gasteiger partial charge in [-0.2, -0.15) is 0 Å². The molecule has 120 valence electrons. The molecule has 0 spiro atoms. The summed E-state index contributed by atoms with van der Waals surface area (Å²) in [5.41, 5.74) is 0.936. The largest absolute Gasteiger partial charge is 0.228 e. The van der Waals surface area contributed by atoms with Gasteiger partial charge < -0.3 is 0 Å². The first-order valence-corrected chi connectivity index (χ1v) is 10.5. The average molecular weight is 318 g/mol. The van der Waals surface area contributed by atoms with Crippen molar-refractivity contribution in [3.63, 3.8) is 0 Å². The number of hydrogen-bond donors (Lipinski definition) is 0. The number of sulfone groups is 1. The minimum absolute atomic E-state index is 0.370. The zero-order chi connectivity index (χ0) is 15.3. The van der Waals surface area contributed by atoms with Gasteiger partial charge in [-0.25, -0.2) is 8.42 Å². The highest BCUT2D eigenvalue weighted by atomic mass is 32.2. The molecule has 2 nitrogen and oxygen atoms in total. The first kappa shape index (κ1) is 14.7. The third kappa shape index (κ3) is 2.51. The van der Waals surface area contributed by atoms with E-state index < -0.39 is 9.84 Å². The molecule has 5 rings (SSSR count). The summed E-state index contributed by atoms with van der Waals surface area (Å²) in [5.74, 6) is 4.05. The van der Waals surface area contributed by atoms with E-state index in [1.807, 2.05) is 37.3 Å². The molecule has 0 N–H and O–H groups in total. The second kappa shape index (κ2) is 5.36. The van der Waals surface area contributed by atoms with E-state index in [0.717, 1.165) is 17.4 Å². The SMILES string of the molecule is C[C@H](c1ccccc1)S(=O)(=O)CC1C2CC3CC(C2)CC1C3. The Morgan fingerprint density at radius 1 is 0.955 bits per heavy atom. The standard InChI is InChI=1S/C19H26O2S/c1-13(16-5-3-2-4-6-16)22(20,21)12-19-17-8-14-7-15(10-17)11-18(19)9-14/h2-6,13-15,17-19H,7-12H2,1H3/t13-,14?,15?,17?,18?,19?/m1/s1. The molecule has 1 atom stereocenters. The quantitative estimate of drug-likeness (QED) is 0.832. The van der Waals surface area contributed by atoms with Crippen molar-refractivity contribution in [2.45, 2.75) is 44.3 Å². The summed E-state index contributed by atoms with van der Waals surface area (Å²) in [6.45, 7) is 1.86. The van der Waals surface area contributed by atoms with Crippen molar-refractivity contribution < 1.29 is 8.42 Å². The highest BCUT2D eigenvalue weighted by Crippen LogP contribution is 2.57. The van der Waals surface area contributed by atoms with Crippen molar-refractivity contribution in [1.82, 2.24) is 0 Å². The molecule has 1 aromatic carbocycles. The third-order valence-electron chi connectivity index (χ3n) is 6.65. The molecule has 4 aliphatic carbocycles. The predicted molar refractivity (Wildman–Crippen MR) is 89.2 cm³/mol. The lowest BCUT2D eigenvalue weighted by Gasteiger charge is -2.54. The molecule has 4 bridgehead atoms. The first-order chi connectivity index (χ1) is 10.5. The van der Waals surface area contributed by atoms with Crippen LogP contribution in [0.3, 0.4) is 0 Å². The van der Waals surface area contributed by atoms with Gasteiger partial charge in [-0.15, -0.1) is 0 Å². The molecule has 0 aliphatic heterocycles. The van der Waals surface area contributed by atoms with E-state index in [9.17, 15) is 8.42 Å². The summed E-state index contributed by atoms with van der Waals surface area (Å²) in [4.78, 5) is 0. The summed E-state index contributed by atoms with van der Waals surface area (Å²) in [5, 5.41) is -0.370. The van der Waals surface area contributed by atoms with Crippen LogP contribution in [0.15, 0.2) is 30.3 Å². The Balaban J connectivity index is 1.53. The van der Waals surface area contributed by atoms with Crippen molar-refractivity contribution in [1.29, 1.82) is 0 Å². The maximum Gasteiger partial charge on any atom is 0.157 e. The van der Waals surface area contributed by atoms with Crippen LogP contribution in [0.25, 0.3) is 0 Å². The summed E-state index contributed by atoms with van der Waals surface area (Å²) in [6.07, 6.45) is 6.62. The zero-order valence-electron chi connectivity index (χ0n) is 13.3. The number of rotatable bonds is 4. The first-order valence-electron chi connectivity index (χ1n) is 8.79. The molecule has 0 amide bonds. The van der Waals surface area contributed by atoms with E-state index in [0.29, 0.717) is 23.5 Å². The van der Waals surface area contributed by atoms with Crippen molar-refractivity contribution >= 4 is 9.84 Å². The Bertz CT molecular complexity index is 607. The monoisotopic (exact) mass is 318 g/mol. The maximum absolute atomic E-state index is 12.9. The molecular formula is C19H26O2S. The van der Waals surface area contributed by atoms with Gasteiger partial charge >= 0.3 is 0 Å². The molecule has 0 saturated heterocycles. The highest BCUT2D eigenvalue weighted by molar-refractivity contribution is 7.91. The van der Waals surface area contributed by atoms with E-state index in [1.165, 1.54) is 32.1 Å². The van der Waals surface area contributed by atoms with Gasteiger partial charge in [0.15, 0.2) is 9.84 Å². The van der Waals surface area contributed by atoms with Gasteiger partial charge in [-0.05, 0) is 74.2 Å². The van der Waals surface area contributed by atoms with Crippen molar-refractivity contribution in [2.75, 3.05) is 5.75 Å². The van der Waals surface area contributed by atoms with Gasteiger partial charge in [0.1, 0.15) is 0 Å². The Kier molecular flexibility index (Phi) is 3.60. The van der Waals surface area contributed by atoms with E-state index in [1.54, 1.807) is 0 Å². The predicted octanol–water partition coefficient (Wildman–Crippen LogP) is 4.23. The van der Waals surface area contributed by atoms with E-state index in [2.05, 4.69) is 0 Å². The third-order valence-corrected chi connectivity index (χ3v) is 8.85. The Morgan fingerprint density at radius 2 is 1.50 bits per heavy atom. The van der Waals surface area contributed by atoms with Crippen molar-refractivity contribution in [3.8, 4) is 0 Å². The molecule has 1 aromatic rings. The summed E-state index contributed by atoms with van der Waals surface area (Å²) in [6, 6.07) is 9.70. The van der Waals surface area contributed by atoms with Crippen LogP contribution >= 0.6 is 0 Å². The van der Waals surface area contributed by atoms with Gasteiger partial charge in [0.2, 0.25) is 0 Å². The topological polar surface area (TPSA) is 34.1 Å². The smallest absolute Gasteiger partial charge is 0.157 e. The zero-order valence-corrected chi connectivity index (χ0v) is 14.1. The Labute approximate surface area is 134 Å². The van der Waals surface area contributed by atoms with Crippen LogP contribution in [0.5, 0.6) is 0 Å². The lowest BCUT2D eigenvalue weighted by molar-refractivity contribution is -0.0268. The normalized spacial score (nSPS) is 38.1. The molecule has 4 fully saturated rings. The Morgan fingerprint density at radius 3 is 2.05 bits per heavy atom. The van der Waals surface area contributed by atoms with Gasteiger partial charge in [0.25, 0.3) is 0 Å². The number of benzene rings is 1.